The first kappa shape index (κ1) is 30.1. The Labute approximate surface area is 239 Å². The van der Waals surface area contributed by atoms with Crippen LogP contribution in [0.25, 0.3) is 11.5 Å². The minimum absolute atomic E-state index is 0.0106. The van der Waals surface area contributed by atoms with Gasteiger partial charge in [0.1, 0.15) is 22.8 Å². The zero-order valence-electron chi connectivity index (χ0n) is 24.5. The molecule has 4 aromatic rings. The molecule has 0 aliphatic rings. The van der Waals surface area contributed by atoms with Crippen LogP contribution in [-0.4, -0.2) is 61.8 Å². The van der Waals surface area contributed by atoms with Crippen molar-refractivity contribution < 1.29 is 22.4 Å². The molecular weight excluding hydrogens is 548 g/mol. The van der Waals surface area contributed by atoms with Gasteiger partial charge in [-0.3, -0.25) is 9.29 Å². The van der Waals surface area contributed by atoms with Crippen LogP contribution in [0.3, 0.4) is 0 Å². The first-order valence-electron chi connectivity index (χ1n) is 13.3. The maximum atomic E-state index is 13.9. The number of anilines is 1. The predicted octanol–water partition coefficient (Wildman–Crippen LogP) is 4.35. The molecule has 4 rings (SSSR count). The number of aromatic nitrogens is 7. The van der Waals surface area contributed by atoms with Gasteiger partial charge >= 0.3 is 0 Å². The van der Waals surface area contributed by atoms with E-state index < -0.39 is 27.4 Å². The summed E-state index contributed by atoms with van der Waals surface area (Å²) in [5.41, 5.74) is 2.78. The second-order valence-corrected chi connectivity index (χ2v) is 12.1. The molecule has 0 aliphatic heterocycles. The van der Waals surface area contributed by atoms with Crippen molar-refractivity contribution in [1.82, 2.24) is 34.9 Å². The molecule has 1 N–H and O–H groups in total. The summed E-state index contributed by atoms with van der Waals surface area (Å²) in [4.78, 5) is 13.2. The number of rotatable bonds is 12. The van der Waals surface area contributed by atoms with E-state index in [0.717, 1.165) is 11.1 Å². The predicted molar refractivity (Wildman–Crippen MR) is 152 cm³/mol. The number of hydrogen-bond donors (Lipinski definition) is 1. The average Bonchev–Trinajstić information content (AvgIpc) is 3.50. The van der Waals surface area contributed by atoms with Crippen LogP contribution in [0.2, 0.25) is 0 Å². The Kier molecular flexibility index (Phi) is 9.02. The van der Waals surface area contributed by atoms with Crippen LogP contribution in [-0.2, 0) is 14.8 Å². The number of ether oxygens (including phenoxy) is 2. The SMILES string of the molecule is CC[C@H](c1c(C)noc1C)n1c(NS(=O)(=O)[C@@H](C)[C@@H](OC(C)C)c2ncc(C)cn2)nnc1-c1cccc(OC)n1. The highest BCUT2D eigenvalue weighted by molar-refractivity contribution is 7.93. The lowest BCUT2D eigenvalue weighted by Gasteiger charge is -2.26. The second-order valence-electron chi connectivity index (χ2n) is 10.0. The molecule has 3 atom stereocenters. The summed E-state index contributed by atoms with van der Waals surface area (Å²) in [7, 11) is -2.60. The Balaban J connectivity index is 1.82. The lowest BCUT2D eigenvalue weighted by atomic mass is 10.0. The molecule has 13 nitrogen and oxygen atoms in total. The van der Waals surface area contributed by atoms with Crippen molar-refractivity contribution in [1.29, 1.82) is 0 Å². The third kappa shape index (κ3) is 6.38. The Hall–Kier alpha value is -3.91. The maximum absolute atomic E-state index is 13.9. The van der Waals surface area contributed by atoms with Crippen molar-refractivity contribution in [2.24, 2.45) is 0 Å². The van der Waals surface area contributed by atoms with E-state index in [1.165, 1.54) is 7.11 Å². The smallest absolute Gasteiger partial charge is 0.240 e. The minimum Gasteiger partial charge on any atom is -0.481 e. The molecule has 41 heavy (non-hydrogen) atoms. The van der Waals surface area contributed by atoms with E-state index in [2.05, 4.69) is 35.0 Å². The van der Waals surface area contributed by atoms with Crippen molar-refractivity contribution >= 4 is 16.0 Å². The molecule has 0 unspecified atom stereocenters. The van der Waals surface area contributed by atoms with Crippen LogP contribution in [0.4, 0.5) is 5.95 Å². The van der Waals surface area contributed by atoms with Crippen molar-refractivity contribution in [2.75, 3.05) is 11.8 Å². The molecule has 4 aromatic heterocycles. The first-order chi connectivity index (χ1) is 19.5. The van der Waals surface area contributed by atoms with Gasteiger partial charge in [-0.1, -0.05) is 18.1 Å². The molecule has 0 saturated carbocycles. The molecule has 0 saturated heterocycles. The number of sulfonamides is 1. The van der Waals surface area contributed by atoms with E-state index in [1.54, 1.807) is 42.1 Å². The number of hydrogen-bond acceptors (Lipinski definition) is 11. The van der Waals surface area contributed by atoms with E-state index in [1.807, 2.05) is 41.5 Å². The van der Waals surface area contributed by atoms with Gasteiger partial charge in [0.25, 0.3) is 0 Å². The van der Waals surface area contributed by atoms with Crippen LogP contribution in [0.1, 0.15) is 74.7 Å². The van der Waals surface area contributed by atoms with Gasteiger partial charge in [-0.15, -0.1) is 10.2 Å². The van der Waals surface area contributed by atoms with Crippen molar-refractivity contribution in [2.45, 2.75) is 78.4 Å². The topological polar surface area (TPSA) is 160 Å². The summed E-state index contributed by atoms with van der Waals surface area (Å²) in [5.74, 6) is 1.61. The fourth-order valence-corrected chi connectivity index (χ4v) is 5.66. The van der Waals surface area contributed by atoms with Gasteiger partial charge in [0.05, 0.1) is 24.9 Å². The monoisotopic (exact) mass is 584 g/mol. The minimum atomic E-state index is -4.11. The molecule has 14 heteroatoms. The number of pyridine rings is 1. The van der Waals surface area contributed by atoms with Crippen LogP contribution in [0.5, 0.6) is 5.88 Å². The highest BCUT2D eigenvalue weighted by Crippen LogP contribution is 2.35. The zero-order valence-corrected chi connectivity index (χ0v) is 25.3. The van der Waals surface area contributed by atoms with Crippen molar-refractivity contribution in [3.63, 3.8) is 0 Å². The molecule has 4 heterocycles. The first-order valence-corrected chi connectivity index (χ1v) is 14.9. The van der Waals surface area contributed by atoms with Crippen LogP contribution < -0.4 is 9.46 Å². The summed E-state index contributed by atoms with van der Waals surface area (Å²) in [6.45, 7) is 12.7. The van der Waals surface area contributed by atoms with Crippen molar-refractivity contribution in [3.05, 3.63) is 59.0 Å². The molecule has 0 amide bonds. The van der Waals surface area contributed by atoms with Crippen LogP contribution >= 0.6 is 0 Å². The highest BCUT2D eigenvalue weighted by atomic mass is 32.2. The fourth-order valence-electron chi connectivity index (χ4n) is 4.57. The quantitative estimate of drug-likeness (QED) is 0.252. The molecule has 0 fully saturated rings. The van der Waals surface area contributed by atoms with E-state index in [-0.39, 0.29) is 17.9 Å². The summed E-state index contributed by atoms with van der Waals surface area (Å²) in [5, 5.41) is 11.7. The van der Waals surface area contributed by atoms with Gasteiger partial charge in [-0.2, -0.15) is 0 Å². The lowest BCUT2D eigenvalue weighted by Crippen LogP contribution is -2.35. The Morgan fingerprint density at radius 3 is 2.37 bits per heavy atom. The third-order valence-corrected chi connectivity index (χ3v) is 8.29. The summed E-state index contributed by atoms with van der Waals surface area (Å²) in [6.07, 6.45) is 2.60. The largest absolute Gasteiger partial charge is 0.481 e. The Morgan fingerprint density at radius 1 is 1.07 bits per heavy atom. The van der Waals surface area contributed by atoms with E-state index in [9.17, 15) is 8.42 Å². The van der Waals surface area contributed by atoms with E-state index in [4.69, 9.17) is 14.0 Å². The average molecular weight is 585 g/mol. The van der Waals surface area contributed by atoms with Crippen LogP contribution in [0.15, 0.2) is 35.1 Å². The van der Waals surface area contributed by atoms with E-state index in [0.29, 0.717) is 35.3 Å². The maximum Gasteiger partial charge on any atom is 0.240 e. The second kappa shape index (κ2) is 12.3. The summed E-state index contributed by atoms with van der Waals surface area (Å²) < 4.78 is 49.0. The number of nitrogens with one attached hydrogen (secondary N) is 1. The van der Waals surface area contributed by atoms with Gasteiger partial charge in [-0.05, 0) is 59.6 Å². The number of aryl methyl sites for hydroxylation is 3. The number of methoxy groups -OCH3 is 1. The van der Waals surface area contributed by atoms with Gasteiger partial charge in [0.2, 0.25) is 21.9 Å². The molecule has 0 aliphatic carbocycles. The van der Waals surface area contributed by atoms with Gasteiger partial charge in [0, 0.05) is 24.0 Å². The van der Waals surface area contributed by atoms with Crippen molar-refractivity contribution in [3.8, 4) is 17.4 Å². The zero-order chi connectivity index (χ0) is 29.9. The molecule has 0 bridgehead atoms. The molecule has 0 aromatic carbocycles. The van der Waals surface area contributed by atoms with E-state index >= 15 is 0 Å². The molecule has 0 radical (unpaired) electrons. The lowest BCUT2D eigenvalue weighted by molar-refractivity contribution is 0.00152. The normalized spacial score (nSPS) is 14.2. The summed E-state index contributed by atoms with van der Waals surface area (Å²) in [6, 6.07) is 4.82. The van der Waals surface area contributed by atoms with Gasteiger partial charge in [-0.25, -0.2) is 23.4 Å². The fraction of sp³-hybridized carbons (Fsp3) is 0.481. The summed E-state index contributed by atoms with van der Waals surface area (Å²) >= 11 is 0. The highest BCUT2D eigenvalue weighted by Gasteiger charge is 2.36. The Morgan fingerprint density at radius 2 is 1.78 bits per heavy atom. The third-order valence-electron chi connectivity index (χ3n) is 6.60. The van der Waals surface area contributed by atoms with Gasteiger partial charge < -0.3 is 14.0 Å². The molecule has 220 valence electrons. The Bertz CT molecular complexity index is 1560. The van der Waals surface area contributed by atoms with Gasteiger partial charge in [0.15, 0.2) is 11.6 Å². The standard InChI is InChI=1S/C27H36N8O5S/c1-9-21(23-17(5)33-40-18(23)6)35-26(20-11-10-12-22(30-20)38-8)31-32-27(35)34-41(36,37)19(7)24(39-15(2)3)25-28-13-16(4)14-29-25/h10-15,19,21,24H,9H2,1-8H3,(H,32,34)/t19-,21+,24+/m0/s1. The van der Waals surface area contributed by atoms with Crippen LogP contribution in [0, 0.1) is 20.8 Å². The molecular formula is C27H36N8O5S. The molecule has 0 spiro atoms. The number of nitrogens with zero attached hydrogens (tertiary/aromatic N) is 7.